The average molecular weight is 409 g/mol. The Morgan fingerprint density at radius 2 is 2.10 bits per heavy atom. The molecule has 30 heavy (non-hydrogen) atoms. The van der Waals surface area contributed by atoms with Gasteiger partial charge >= 0.3 is 0 Å². The van der Waals surface area contributed by atoms with E-state index in [0.29, 0.717) is 47.1 Å². The number of H-pyrrole nitrogens is 2. The number of nitrogens with zero attached hydrogens (tertiary/aromatic N) is 5. The number of aromatic amines is 2. The fourth-order valence-corrected chi connectivity index (χ4v) is 4.87. The highest BCUT2D eigenvalue weighted by molar-refractivity contribution is 5.90. The largest absolute Gasteiger partial charge is 0.351 e. The molecule has 5 rings (SSSR count). The summed E-state index contributed by atoms with van der Waals surface area (Å²) in [6.07, 6.45) is 6.18. The number of halogens is 1. The SMILES string of the molecule is Cc1cc(Nc2nc(NC3C[C@H]4CC[C@@H](C3)N4CCC#N)nc3[nH]cc(F)c23)n[nH]1. The summed E-state index contributed by atoms with van der Waals surface area (Å²) in [5.74, 6) is 1.01. The Hall–Kier alpha value is -3.19. The molecule has 0 amide bonds. The lowest BCUT2D eigenvalue weighted by molar-refractivity contribution is 0.135. The van der Waals surface area contributed by atoms with Gasteiger partial charge in [-0.05, 0) is 32.6 Å². The minimum Gasteiger partial charge on any atom is -0.351 e. The van der Waals surface area contributed by atoms with E-state index in [1.165, 1.54) is 19.0 Å². The Balaban J connectivity index is 1.37. The van der Waals surface area contributed by atoms with E-state index in [1.54, 1.807) is 0 Å². The van der Waals surface area contributed by atoms with E-state index >= 15 is 0 Å². The molecule has 0 aromatic carbocycles. The van der Waals surface area contributed by atoms with Crippen molar-refractivity contribution in [2.45, 2.75) is 57.2 Å². The quantitative estimate of drug-likeness (QED) is 0.493. The zero-order valence-electron chi connectivity index (χ0n) is 16.7. The van der Waals surface area contributed by atoms with Crippen molar-refractivity contribution in [2.24, 2.45) is 0 Å². The first-order chi connectivity index (χ1) is 14.6. The monoisotopic (exact) mass is 409 g/mol. The van der Waals surface area contributed by atoms with Gasteiger partial charge in [0.05, 0.1) is 11.5 Å². The summed E-state index contributed by atoms with van der Waals surface area (Å²) in [7, 11) is 0. The van der Waals surface area contributed by atoms with Crippen LogP contribution in [-0.2, 0) is 0 Å². The van der Waals surface area contributed by atoms with Gasteiger partial charge < -0.3 is 15.6 Å². The van der Waals surface area contributed by atoms with Crippen molar-refractivity contribution in [1.29, 1.82) is 5.26 Å². The molecule has 156 valence electrons. The lowest BCUT2D eigenvalue weighted by atomic mass is 9.97. The minimum absolute atomic E-state index is 0.249. The van der Waals surface area contributed by atoms with Gasteiger partial charge in [0.15, 0.2) is 11.6 Å². The topological polar surface area (TPSA) is 121 Å². The van der Waals surface area contributed by atoms with E-state index in [4.69, 9.17) is 5.26 Å². The zero-order chi connectivity index (χ0) is 20.7. The standard InChI is InChI=1S/C20H24FN9/c1-11-7-16(29-28-11)25-19-17-15(21)10-23-18(17)26-20(27-19)24-12-8-13-3-4-14(9-12)30(13)6-2-5-22/h7,10,12-14H,2-4,6,8-9H2,1H3,(H4,23,24,25,26,27,28,29)/t12?,13-,14+. The van der Waals surface area contributed by atoms with Gasteiger partial charge in [0.1, 0.15) is 11.5 Å². The maximum atomic E-state index is 14.3. The van der Waals surface area contributed by atoms with Gasteiger partial charge in [-0.2, -0.15) is 20.3 Å². The molecule has 2 aliphatic rings. The lowest BCUT2D eigenvalue weighted by Crippen LogP contribution is -2.47. The van der Waals surface area contributed by atoms with Crippen LogP contribution in [0.3, 0.4) is 0 Å². The van der Waals surface area contributed by atoms with Crippen molar-refractivity contribution in [3.63, 3.8) is 0 Å². The van der Waals surface area contributed by atoms with Crippen LogP contribution in [0, 0.1) is 24.1 Å². The van der Waals surface area contributed by atoms with E-state index in [-0.39, 0.29) is 6.04 Å². The molecule has 5 heterocycles. The molecule has 2 saturated heterocycles. The summed E-state index contributed by atoms with van der Waals surface area (Å²) in [6.45, 7) is 2.74. The molecule has 0 spiro atoms. The van der Waals surface area contributed by atoms with Crippen LogP contribution in [0.2, 0.25) is 0 Å². The summed E-state index contributed by atoms with van der Waals surface area (Å²) in [5.41, 5.74) is 1.34. The van der Waals surface area contributed by atoms with Crippen molar-refractivity contribution in [3.8, 4) is 6.07 Å². The van der Waals surface area contributed by atoms with E-state index < -0.39 is 5.82 Å². The van der Waals surface area contributed by atoms with Gasteiger partial charge in [-0.3, -0.25) is 10.00 Å². The van der Waals surface area contributed by atoms with Crippen LogP contribution in [0.1, 0.15) is 37.8 Å². The number of hydrogen-bond donors (Lipinski definition) is 4. The Kier molecular flexibility index (Phi) is 4.75. The van der Waals surface area contributed by atoms with E-state index in [2.05, 4.69) is 46.8 Å². The van der Waals surface area contributed by atoms with Crippen LogP contribution < -0.4 is 10.6 Å². The number of nitrogens with one attached hydrogen (secondary N) is 4. The molecule has 9 nitrogen and oxygen atoms in total. The van der Waals surface area contributed by atoms with Crippen LogP contribution in [0.15, 0.2) is 12.3 Å². The normalized spacial score (nSPS) is 23.6. The number of aromatic nitrogens is 5. The van der Waals surface area contributed by atoms with Gasteiger partial charge in [-0.1, -0.05) is 0 Å². The molecular weight excluding hydrogens is 385 g/mol. The summed E-state index contributed by atoms with van der Waals surface area (Å²) >= 11 is 0. The van der Waals surface area contributed by atoms with E-state index in [1.807, 2.05) is 13.0 Å². The summed E-state index contributed by atoms with van der Waals surface area (Å²) in [5, 5.41) is 22.8. The Bertz CT molecular complexity index is 1080. The molecule has 2 bridgehead atoms. The summed E-state index contributed by atoms with van der Waals surface area (Å²) < 4.78 is 14.3. The van der Waals surface area contributed by atoms with Gasteiger partial charge in [0.2, 0.25) is 5.95 Å². The fraction of sp³-hybridized carbons (Fsp3) is 0.500. The Morgan fingerprint density at radius 1 is 1.30 bits per heavy atom. The van der Waals surface area contributed by atoms with Crippen molar-refractivity contribution in [1.82, 2.24) is 30.0 Å². The second-order valence-electron chi connectivity index (χ2n) is 8.16. The molecule has 2 aliphatic heterocycles. The molecule has 1 unspecified atom stereocenters. The summed E-state index contributed by atoms with van der Waals surface area (Å²) in [4.78, 5) is 14.4. The number of rotatable bonds is 6. The van der Waals surface area contributed by atoms with Crippen LogP contribution in [0.4, 0.5) is 22.0 Å². The molecule has 4 N–H and O–H groups in total. The van der Waals surface area contributed by atoms with Gasteiger partial charge in [0.25, 0.3) is 0 Å². The van der Waals surface area contributed by atoms with E-state index in [9.17, 15) is 4.39 Å². The maximum absolute atomic E-state index is 14.3. The molecule has 3 aromatic heterocycles. The van der Waals surface area contributed by atoms with Crippen LogP contribution in [0.5, 0.6) is 0 Å². The smallest absolute Gasteiger partial charge is 0.226 e. The number of nitriles is 1. The minimum atomic E-state index is -0.407. The van der Waals surface area contributed by atoms with Crippen molar-refractivity contribution >= 4 is 28.6 Å². The number of aryl methyl sites for hydroxylation is 1. The molecular formula is C20H24FN9. The first kappa shape index (κ1) is 18.8. The number of hydrogen-bond acceptors (Lipinski definition) is 7. The van der Waals surface area contributed by atoms with Crippen molar-refractivity contribution in [3.05, 3.63) is 23.8 Å². The van der Waals surface area contributed by atoms with Crippen LogP contribution in [-0.4, -0.2) is 54.7 Å². The molecule has 3 aromatic rings. The third-order valence-corrected chi connectivity index (χ3v) is 6.14. The number of piperidine rings is 1. The van der Waals surface area contributed by atoms with E-state index in [0.717, 1.165) is 25.1 Å². The molecule has 0 saturated carbocycles. The molecule has 10 heteroatoms. The molecule has 2 fully saturated rings. The Labute approximate surface area is 173 Å². The number of anilines is 3. The van der Waals surface area contributed by atoms with Gasteiger partial charge in [-0.15, -0.1) is 0 Å². The third-order valence-electron chi connectivity index (χ3n) is 6.14. The third kappa shape index (κ3) is 3.45. The summed E-state index contributed by atoms with van der Waals surface area (Å²) in [6, 6.07) is 5.32. The lowest BCUT2D eigenvalue weighted by Gasteiger charge is -2.38. The van der Waals surface area contributed by atoms with Crippen molar-refractivity contribution < 1.29 is 4.39 Å². The highest BCUT2D eigenvalue weighted by atomic mass is 19.1. The second-order valence-corrected chi connectivity index (χ2v) is 8.16. The maximum Gasteiger partial charge on any atom is 0.226 e. The predicted octanol–water partition coefficient (Wildman–Crippen LogP) is 3.19. The fourth-order valence-electron chi connectivity index (χ4n) is 4.87. The molecule has 0 radical (unpaired) electrons. The first-order valence-electron chi connectivity index (χ1n) is 10.3. The Morgan fingerprint density at radius 3 is 2.80 bits per heavy atom. The molecule has 0 aliphatic carbocycles. The highest BCUT2D eigenvalue weighted by Crippen LogP contribution is 2.37. The number of fused-ring (bicyclic) bond motifs is 3. The van der Waals surface area contributed by atoms with Crippen molar-refractivity contribution in [2.75, 3.05) is 17.2 Å². The van der Waals surface area contributed by atoms with Crippen LogP contribution in [0.25, 0.3) is 11.0 Å². The predicted molar refractivity (Wildman–Crippen MR) is 111 cm³/mol. The zero-order valence-corrected chi connectivity index (χ0v) is 16.7. The van der Waals surface area contributed by atoms with Crippen LogP contribution >= 0.6 is 0 Å². The highest BCUT2D eigenvalue weighted by Gasteiger charge is 2.40. The molecule has 3 atom stereocenters. The van der Waals surface area contributed by atoms with Gasteiger partial charge in [-0.25, -0.2) is 4.39 Å². The average Bonchev–Trinajstić information content (AvgIpc) is 3.36. The van der Waals surface area contributed by atoms with Gasteiger partial charge in [0, 0.05) is 49.0 Å². The first-order valence-corrected chi connectivity index (χ1v) is 10.3. The second kappa shape index (κ2) is 7.57.